The Morgan fingerprint density at radius 2 is 1.78 bits per heavy atom. The summed E-state index contributed by atoms with van der Waals surface area (Å²) in [5.74, 6) is -0.394. The SMILES string of the molecule is COC(=O)[C@@]12CC=C(C)C[C@@H]1N(S(=O)(=O)c1ccccc1)c1ccccc12. The standard InChI is InChI=1S/C21H21NO4S/c1-15-12-13-21(20(23)26-2)17-10-6-7-11-18(17)22(19(21)14-15)27(24,25)16-8-4-3-5-9-16/h3-12,19H,13-14H2,1-2H3/t19-,21+/m0/s1. The summed E-state index contributed by atoms with van der Waals surface area (Å²) in [7, 11) is -2.47. The van der Waals surface area contributed by atoms with E-state index in [2.05, 4.69) is 0 Å². The summed E-state index contributed by atoms with van der Waals surface area (Å²) < 4.78 is 33.7. The topological polar surface area (TPSA) is 63.7 Å². The minimum atomic E-state index is -3.83. The van der Waals surface area contributed by atoms with E-state index >= 15 is 0 Å². The van der Waals surface area contributed by atoms with E-state index in [4.69, 9.17) is 4.74 Å². The summed E-state index contributed by atoms with van der Waals surface area (Å²) in [5.41, 5.74) is 1.32. The lowest BCUT2D eigenvalue weighted by atomic mass is 9.69. The third-order valence-electron chi connectivity index (χ3n) is 5.61. The molecule has 2 atom stereocenters. The molecule has 2 aromatic rings. The largest absolute Gasteiger partial charge is 0.468 e. The number of carbonyl (C=O) groups excluding carboxylic acids is 1. The lowest BCUT2D eigenvalue weighted by Gasteiger charge is -2.39. The van der Waals surface area contributed by atoms with Gasteiger partial charge in [-0.05, 0) is 43.5 Å². The van der Waals surface area contributed by atoms with E-state index in [-0.39, 0.29) is 4.90 Å². The van der Waals surface area contributed by atoms with Crippen molar-refractivity contribution in [2.24, 2.45) is 0 Å². The number of para-hydroxylation sites is 1. The highest BCUT2D eigenvalue weighted by atomic mass is 32.2. The highest BCUT2D eigenvalue weighted by Crippen LogP contribution is 2.54. The predicted octanol–water partition coefficient (Wildman–Crippen LogP) is 3.42. The second kappa shape index (κ2) is 6.23. The third kappa shape index (κ3) is 2.43. The van der Waals surface area contributed by atoms with Gasteiger partial charge in [0.15, 0.2) is 0 Å². The molecule has 0 fully saturated rings. The molecule has 1 aliphatic carbocycles. The van der Waals surface area contributed by atoms with Crippen LogP contribution in [0.25, 0.3) is 0 Å². The van der Waals surface area contributed by atoms with E-state index < -0.39 is 27.4 Å². The van der Waals surface area contributed by atoms with Crippen molar-refractivity contribution in [1.29, 1.82) is 0 Å². The van der Waals surface area contributed by atoms with Crippen LogP contribution in [0.5, 0.6) is 0 Å². The molecule has 0 saturated carbocycles. The molecular formula is C21H21NO4S. The van der Waals surface area contributed by atoms with Gasteiger partial charge in [-0.25, -0.2) is 8.42 Å². The normalized spacial score (nSPS) is 24.0. The van der Waals surface area contributed by atoms with E-state index in [1.165, 1.54) is 11.4 Å². The van der Waals surface area contributed by atoms with Crippen LogP contribution in [-0.2, 0) is 25.0 Å². The molecule has 27 heavy (non-hydrogen) atoms. The molecule has 0 amide bonds. The van der Waals surface area contributed by atoms with Crippen molar-refractivity contribution in [3.8, 4) is 0 Å². The van der Waals surface area contributed by atoms with E-state index in [1.807, 2.05) is 25.1 Å². The maximum Gasteiger partial charge on any atom is 0.318 e. The molecule has 6 heteroatoms. The van der Waals surface area contributed by atoms with Crippen LogP contribution in [0.15, 0.2) is 71.1 Å². The van der Waals surface area contributed by atoms with Crippen LogP contribution in [-0.4, -0.2) is 27.5 Å². The first-order valence-electron chi connectivity index (χ1n) is 8.86. The van der Waals surface area contributed by atoms with Crippen molar-refractivity contribution < 1.29 is 17.9 Å². The van der Waals surface area contributed by atoms with Gasteiger partial charge in [0.2, 0.25) is 0 Å². The van der Waals surface area contributed by atoms with Gasteiger partial charge in [0.1, 0.15) is 5.41 Å². The molecular weight excluding hydrogens is 362 g/mol. The number of methoxy groups -OCH3 is 1. The quantitative estimate of drug-likeness (QED) is 0.602. The number of sulfonamides is 1. The summed E-state index contributed by atoms with van der Waals surface area (Å²) in [4.78, 5) is 13.2. The maximum atomic E-state index is 13.6. The number of allylic oxidation sites excluding steroid dienone is 1. The molecule has 1 aliphatic heterocycles. The van der Waals surface area contributed by atoms with Crippen molar-refractivity contribution in [1.82, 2.24) is 0 Å². The molecule has 0 radical (unpaired) electrons. The fraction of sp³-hybridized carbons (Fsp3) is 0.286. The zero-order chi connectivity index (χ0) is 19.2. The summed E-state index contributed by atoms with van der Waals surface area (Å²) in [6, 6.07) is 15.1. The Kier molecular flexibility index (Phi) is 4.11. The Bertz CT molecular complexity index is 1030. The van der Waals surface area contributed by atoms with Crippen LogP contribution in [0.3, 0.4) is 0 Å². The number of nitrogens with zero attached hydrogens (tertiary/aromatic N) is 1. The average molecular weight is 383 g/mol. The number of rotatable bonds is 3. The molecule has 1 heterocycles. The monoisotopic (exact) mass is 383 g/mol. The van der Waals surface area contributed by atoms with Gasteiger partial charge in [-0.3, -0.25) is 9.10 Å². The highest BCUT2D eigenvalue weighted by molar-refractivity contribution is 7.92. The number of fused-ring (bicyclic) bond motifs is 3. The van der Waals surface area contributed by atoms with Crippen LogP contribution in [0, 0.1) is 0 Å². The number of esters is 1. The van der Waals surface area contributed by atoms with Crippen molar-refractivity contribution in [2.75, 3.05) is 11.4 Å². The minimum Gasteiger partial charge on any atom is -0.468 e. The lowest BCUT2D eigenvalue weighted by Crippen LogP contribution is -2.53. The van der Waals surface area contributed by atoms with Crippen molar-refractivity contribution in [2.45, 2.75) is 36.1 Å². The smallest absolute Gasteiger partial charge is 0.318 e. The second-order valence-corrected chi connectivity index (χ2v) is 8.88. The van der Waals surface area contributed by atoms with Gasteiger partial charge in [-0.15, -0.1) is 0 Å². The number of hydrogen-bond donors (Lipinski definition) is 0. The van der Waals surface area contributed by atoms with Gasteiger partial charge in [-0.2, -0.15) is 0 Å². The first-order chi connectivity index (χ1) is 12.9. The Morgan fingerprint density at radius 3 is 2.48 bits per heavy atom. The average Bonchev–Trinajstić information content (AvgIpc) is 2.99. The molecule has 2 aromatic carbocycles. The third-order valence-corrected chi connectivity index (χ3v) is 7.45. The van der Waals surface area contributed by atoms with Gasteiger partial charge in [0, 0.05) is 0 Å². The Labute approximate surface area is 159 Å². The summed E-state index contributed by atoms with van der Waals surface area (Å²) in [6.07, 6.45) is 2.92. The molecule has 0 spiro atoms. The van der Waals surface area contributed by atoms with Gasteiger partial charge in [0.05, 0.1) is 23.7 Å². The van der Waals surface area contributed by atoms with Gasteiger partial charge in [-0.1, -0.05) is 48.0 Å². The fourth-order valence-corrected chi connectivity index (χ4v) is 6.07. The molecule has 5 nitrogen and oxygen atoms in total. The summed E-state index contributed by atoms with van der Waals surface area (Å²) in [6.45, 7) is 1.97. The fourth-order valence-electron chi connectivity index (χ4n) is 4.33. The van der Waals surface area contributed by atoms with Gasteiger partial charge in [0.25, 0.3) is 10.0 Å². The zero-order valence-electron chi connectivity index (χ0n) is 15.3. The maximum absolute atomic E-state index is 13.6. The molecule has 4 rings (SSSR count). The van der Waals surface area contributed by atoms with Crippen molar-refractivity contribution in [3.05, 3.63) is 71.8 Å². The van der Waals surface area contributed by atoms with Gasteiger partial charge < -0.3 is 4.74 Å². The van der Waals surface area contributed by atoms with Crippen LogP contribution >= 0.6 is 0 Å². The van der Waals surface area contributed by atoms with E-state index in [9.17, 15) is 13.2 Å². The molecule has 2 aliphatic rings. The number of anilines is 1. The van der Waals surface area contributed by atoms with E-state index in [1.54, 1.807) is 42.5 Å². The highest BCUT2D eigenvalue weighted by Gasteiger charge is 2.60. The lowest BCUT2D eigenvalue weighted by molar-refractivity contribution is -0.148. The van der Waals surface area contributed by atoms with Crippen molar-refractivity contribution in [3.63, 3.8) is 0 Å². The first-order valence-corrected chi connectivity index (χ1v) is 10.3. The Morgan fingerprint density at radius 1 is 1.11 bits per heavy atom. The molecule has 0 bridgehead atoms. The molecule has 0 unspecified atom stereocenters. The van der Waals surface area contributed by atoms with Crippen molar-refractivity contribution >= 4 is 21.7 Å². The van der Waals surface area contributed by atoms with Crippen LogP contribution in [0.2, 0.25) is 0 Å². The zero-order valence-corrected chi connectivity index (χ0v) is 16.1. The van der Waals surface area contributed by atoms with Crippen LogP contribution < -0.4 is 4.31 Å². The number of ether oxygens (including phenoxy) is 1. The minimum absolute atomic E-state index is 0.215. The van der Waals surface area contributed by atoms with E-state index in [0.29, 0.717) is 24.1 Å². The number of hydrogen-bond acceptors (Lipinski definition) is 4. The molecule has 0 saturated heterocycles. The molecule has 0 aromatic heterocycles. The van der Waals surface area contributed by atoms with Gasteiger partial charge >= 0.3 is 5.97 Å². The van der Waals surface area contributed by atoms with E-state index in [0.717, 1.165) is 5.57 Å². The Hall–Kier alpha value is -2.60. The number of benzene rings is 2. The Balaban J connectivity index is 1.99. The summed E-state index contributed by atoms with van der Waals surface area (Å²) in [5, 5.41) is 0. The summed E-state index contributed by atoms with van der Waals surface area (Å²) >= 11 is 0. The van der Waals surface area contributed by atoms with Crippen LogP contribution in [0.4, 0.5) is 5.69 Å². The predicted molar refractivity (Wildman–Crippen MR) is 103 cm³/mol. The molecule has 0 N–H and O–H groups in total. The number of carbonyl (C=O) groups is 1. The first kappa shape index (κ1) is 17.8. The molecule has 140 valence electrons. The second-order valence-electron chi connectivity index (χ2n) is 7.07. The van der Waals surface area contributed by atoms with Crippen LogP contribution in [0.1, 0.15) is 25.3 Å².